The molecule has 128 valence electrons. The highest BCUT2D eigenvalue weighted by Gasteiger charge is 2.12. The van der Waals surface area contributed by atoms with Gasteiger partial charge in [0.15, 0.2) is 5.16 Å². The van der Waals surface area contributed by atoms with E-state index in [0.29, 0.717) is 22.6 Å². The van der Waals surface area contributed by atoms with Gasteiger partial charge in [-0.2, -0.15) is 0 Å². The second-order valence-corrected chi connectivity index (χ2v) is 6.78. The van der Waals surface area contributed by atoms with E-state index in [-0.39, 0.29) is 5.75 Å². The number of nitrogens with zero attached hydrogens (tertiary/aromatic N) is 3. The summed E-state index contributed by atoms with van der Waals surface area (Å²) in [6.45, 7) is 4.45. The van der Waals surface area contributed by atoms with E-state index < -0.39 is 11.9 Å². The molecule has 2 N–H and O–H groups in total. The largest absolute Gasteiger partial charge is 0.338 e. The van der Waals surface area contributed by atoms with Gasteiger partial charge in [-0.05, 0) is 24.1 Å². The van der Waals surface area contributed by atoms with Gasteiger partial charge < -0.3 is 5.32 Å². The third kappa shape index (κ3) is 5.54. The molecule has 0 bridgehead atoms. The van der Waals surface area contributed by atoms with Crippen molar-refractivity contribution in [3.8, 4) is 5.69 Å². The summed E-state index contributed by atoms with van der Waals surface area (Å²) >= 11 is 7.16. The zero-order chi connectivity index (χ0) is 17.5. The first-order valence-electron chi connectivity index (χ1n) is 7.32. The summed E-state index contributed by atoms with van der Waals surface area (Å²) in [5.74, 6) is -0.0349. The Labute approximate surface area is 149 Å². The van der Waals surface area contributed by atoms with E-state index in [1.54, 1.807) is 23.0 Å². The Bertz CT molecular complexity index is 719. The number of halogens is 1. The van der Waals surface area contributed by atoms with E-state index in [4.69, 9.17) is 11.6 Å². The van der Waals surface area contributed by atoms with Crippen molar-refractivity contribution in [2.45, 2.75) is 19.0 Å². The lowest BCUT2D eigenvalue weighted by molar-refractivity contribution is -0.117. The Hall–Kier alpha value is -2.06. The lowest BCUT2D eigenvalue weighted by atomic mass is 10.2. The second-order valence-electron chi connectivity index (χ2n) is 5.40. The SMILES string of the molecule is CC(C)CNC(=O)NC(=O)CSc1nncn1-c1cccc(Cl)c1. The number of urea groups is 1. The van der Waals surface area contributed by atoms with E-state index >= 15 is 0 Å². The summed E-state index contributed by atoms with van der Waals surface area (Å²) in [7, 11) is 0. The highest BCUT2D eigenvalue weighted by molar-refractivity contribution is 7.99. The summed E-state index contributed by atoms with van der Waals surface area (Å²) in [5, 5.41) is 13.9. The number of hydrogen-bond acceptors (Lipinski definition) is 5. The van der Waals surface area contributed by atoms with Crippen molar-refractivity contribution in [3.05, 3.63) is 35.6 Å². The summed E-state index contributed by atoms with van der Waals surface area (Å²) in [5.41, 5.74) is 0.796. The van der Waals surface area contributed by atoms with E-state index in [1.165, 1.54) is 11.8 Å². The normalized spacial score (nSPS) is 10.7. The predicted molar refractivity (Wildman–Crippen MR) is 93.5 cm³/mol. The standard InChI is InChI=1S/C15H18ClN5O2S/c1-10(2)7-17-14(23)19-13(22)8-24-15-20-18-9-21(15)12-5-3-4-11(16)6-12/h3-6,9-10H,7-8H2,1-2H3,(H2,17,19,22,23). The third-order valence-corrected chi connectivity index (χ3v) is 4.04. The molecule has 2 aromatic rings. The van der Waals surface area contributed by atoms with Gasteiger partial charge in [0.2, 0.25) is 5.91 Å². The first-order valence-corrected chi connectivity index (χ1v) is 8.68. The van der Waals surface area contributed by atoms with Crippen molar-refractivity contribution in [3.63, 3.8) is 0 Å². The van der Waals surface area contributed by atoms with Crippen LogP contribution in [0.15, 0.2) is 35.7 Å². The Kier molecular flexibility index (Phi) is 6.62. The van der Waals surface area contributed by atoms with Gasteiger partial charge in [-0.1, -0.05) is 43.3 Å². The Balaban J connectivity index is 1.90. The first kappa shape index (κ1) is 18.3. The van der Waals surface area contributed by atoms with Crippen LogP contribution in [-0.2, 0) is 4.79 Å². The molecule has 1 aromatic heterocycles. The van der Waals surface area contributed by atoms with Crippen molar-refractivity contribution in [2.75, 3.05) is 12.3 Å². The highest BCUT2D eigenvalue weighted by Crippen LogP contribution is 2.21. The lowest BCUT2D eigenvalue weighted by Gasteiger charge is -2.09. The van der Waals surface area contributed by atoms with Gasteiger partial charge in [-0.3, -0.25) is 14.7 Å². The summed E-state index contributed by atoms with van der Waals surface area (Å²) in [6, 6.07) is 6.72. The van der Waals surface area contributed by atoms with Crippen molar-refractivity contribution >= 4 is 35.3 Å². The molecule has 0 atom stereocenters. The van der Waals surface area contributed by atoms with Crippen LogP contribution in [-0.4, -0.2) is 39.0 Å². The number of amides is 3. The summed E-state index contributed by atoms with van der Waals surface area (Å²) in [6.07, 6.45) is 1.54. The molecule has 1 heterocycles. The van der Waals surface area contributed by atoms with Crippen LogP contribution in [0.1, 0.15) is 13.8 Å². The smallest absolute Gasteiger partial charge is 0.321 e. The van der Waals surface area contributed by atoms with Crippen LogP contribution in [0, 0.1) is 5.92 Å². The number of carbonyl (C=O) groups is 2. The number of benzene rings is 1. The lowest BCUT2D eigenvalue weighted by Crippen LogP contribution is -2.41. The molecule has 7 nitrogen and oxygen atoms in total. The van der Waals surface area contributed by atoms with Crippen LogP contribution in [0.5, 0.6) is 0 Å². The van der Waals surface area contributed by atoms with Crippen LogP contribution in [0.4, 0.5) is 4.79 Å². The van der Waals surface area contributed by atoms with Gasteiger partial charge in [-0.25, -0.2) is 4.79 Å². The van der Waals surface area contributed by atoms with Crippen molar-refractivity contribution in [1.29, 1.82) is 0 Å². The number of thioether (sulfide) groups is 1. The van der Waals surface area contributed by atoms with Crippen molar-refractivity contribution < 1.29 is 9.59 Å². The van der Waals surface area contributed by atoms with E-state index in [0.717, 1.165) is 5.69 Å². The fraction of sp³-hybridized carbons (Fsp3) is 0.333. The summed E-state index contributed by atoms with van der Waals surface area (Å²) < 4.78 is 1.72. The molecule has 0 aliphatic rings. The van der Waals surface area contributed by atoms with Crippen LogP contribution < -0.4 is 10.6 Å². The Morgan fingerprint density at radius 1 is 1.38 bits per heavy atom. The van der Waals surface area contributed by atoms with Gasteiger partial charge in [0.05, 0.1) is 11.4 Å². The molecule has 2 rings (SSSR count). The number of imide groups is 1. The van der Waals surface area contributed by atoms with Gasteiger partial charge >= 0.3 is 6.03 Å². The molecule has 1 aromatic carbocycles. The Morgan fingerprint density at radius 2 is 2.17 bits per heavy atom. The maximum Gasteiger partial charge on any atom is 0.321 e. The maximum atomic E-state index is 11.8. The van der Waals surface area contributed by atoms with Gasteiger partial charge in [0, 0.05) is 11.6 Å². The first-order chi connectivity index (χ1) is 11.5. The number of rotatable bonds is 6. The van der Waals surface area contributed by atoms with Crippen LogP contribution in [0.25, 0.3) is 5.69 Å². The zero-order valence-electron chi connectivity index (χ0n) is 13.3. The van der Waals surface area contributed by atoms with E-state index in [9.17, 15) is 9.59 Å². The average molecular weight is 368 g/mol. The molecular weight excluding hydrogens is 350 g/mol. The molecule has 0 aliphatic heterocycles. The predicted octanol–water partition coefficient (Wildman–Crippen LogP) is 2.49. The molecule has 24 heavy (non-hydrogen) atoms. The minimum Gasteiger partial charge on any atom is -0.338 e. The molecule has 0 unspecified atom stereocenters. The van der Waals surface area contributed by atoms with E-state index in [1.807, 2.05) is 26.0 Å². The van der Waals surface area contributed by atoms with E-state index in [2.05, 4.69) is 20.8 Å². The molecule has 3 amide bonds. The average Bonchev–Trinajstić information content (AvgIpc) is 2.99. The molecule has 0 fully saturated rings. The van der Waals surface area contributed by atoms with Crippen LogP contribution in [0.3, 0.4) is 0 Å². The molecule has 0 saturated heterocycles. The van der Waals surface area contributed by atoms with Crippen LogP contribution >= 0.6 is 23.4 Å². The molecule has 0 aliphatic carbocycles. The van der Waals surface area contributed by atoms with Gasteiger partial charge in [0.25, 0.3) is 0 Å². The van der Waals surface area contributed by atoms with Crippen LogP contribution in [0.2, 0.25) is 5.02 Å². The minimum absolute atomic E-state index is 0.0500. The molecule has 0 saturated carbocycles. The maximum absolute atomic E-state index is 11.8. The molecule has 0 radical (unpaired) electrons. The monoisotopic (exact) mass is 367 g/mol. The molecule has 9 heteroatoms. The second kappa shape index (κ2) is 8.70. The van der Waals surface area contributed by atoms with Crippen molar-refractivity contribution in [2.24, 2.45) is 5.92 Å². The number of carbonyl (C=O) groups excluding carboxylic acids is 2. The van der Waals surface area contributed by atoms with Gasteiger partial charge in [0.1, 0.15) is 6.33 Å². The number of aromatic nitrogens is 3. The van der Waals surface area contributed by atoms with Gasteiger partial charge in [-0.15, -0.1) is 10.2 Å². The zero-order valence-corrected chi connectivity index (χ0v) is 14.9. The molecule has 0 spiro atoms. The topological polar surface area (TPSA) is 88.9 Å². The Morgan fingerprint density at radius 3 is 2.88 bits per heavy atom. The minimum atomic E-state index is -0.495. The number of nitrogens with one attached hydrogen (secondary N) is 2. The molecular formula is C15H18ClN5O2S. The fourth-order valence-corrected chi connectivity index (χ4v) is 2.67. The highest BCUT2D eigenvalue weighted by atomic mass is 35.5. The fourth-order valence-electron chi connectivity index (χ4n) is 1.76. The quantitative estimate of drug-likeness (QED) is 0.766. The van der Waals surface area contributed by atoms with Crippen molar-refractivity contribution in [1.82, 2.24) is 25.4 Å². The summed E-state index contributed by atoms with van der Waals surface area (Å²) in [4.78, 5) is 23.4. The number of hydrogen-bond donors (Lipinski definition) is 2. The third-order valence-electron chi connectivity index (χ3n) is 2.86.